The topological polar surface area (TPSA) is 76.7 Å². The van der Waals surface area contributed by atoms with Crippen molar-refractivity contribution in [2.24, 2.45) is 0 Å². The summed E-state index contributed by atoms with van der Waals surface area (Å²) >= 11 is 0. The van der Waals surface area contributed by atoms with Crippen molar-refractivity contribution in [2.75, 3.05) is 0 Å². The average molecular weight is 621 g/mol. The fourth-order valence-electron chi connectivity index (χ4n) is 8.26. The fraction of sp³-hybridized carbons (Fsp3) is 0.450. The fourth-order valence-corrected chi connectivity index (χ4v) is 8.26. The Kier molecular flexibility index (Phi) is 8.05. The Morgan fingerprint density at radius 3 is 1.70 bits per heavy atom. The zero-order valence-electron chi connectivity index (χ0n) is 28.5. The predicted molar refractivity (Wildman–Crippen MR) is 186 cm³/mol. The van der Waals surface area contributed by atoms with Crippen molar-refractivity contribution in [1.82, 2.24) is 10.6 Å². The molecule has 2 heterocycles. The van der Waals surface area contributed by atoms with Crippen LogP contribution in [0, 0.1) is 0 Å². The van der Waals surface area contributed by atoms with Crippen molar-refractivity contribution in [1.29, 1.82) is 0 Å². The van der Waals surface area contributed by atoms with Gasteiger partial charge in [-0.1, -0.05) is 42.5 Å². The minimum Gasteiger partial charge on any atom is -0.459 e. The molecule has 2 fully saturated rings. The third kappa shape index (κ3) is 7.13. The Balaban J connectivity index is 1.29. The van der Waals surface area contributed by atoms with E-state index in [1.165, 1.54) is 0 Å². The number of carbonyl (C=O) groups excluding carboxylic acids is 2. The van der Waals surface area contributed by atoms with Gasteiger partial charge in [0.15, 0.2) is 0 Å². The van der Waals surface area contributed by atoms with Crippen molar-refractivity contribution in [3.05, 3.63) is 83.9 Å². The van der Waals surface area contributed by atoms with E-state index in [2.05, 4.69) is 90.3 Å². The average Bonchev–Trinajstić information content (AvgIpc) is 2.92. The zero-order valence-corrected chi connectivity index (χ0v) is 28.5. The quantitative estimate of drug-likeness (QED) is 0.218. The standard InChI is InChI=1S/C40H48N2O4/c1-37(2)21-31(22-38(3,4)41-37)45-35(43)28-16-14-25-13-15-26(17-29(25)19-28)30-18-27-11-9-10-12-33(27)34(20-30)36(44)46-32-23-39(5,6)42-40(7,8)24-32/h9-20,31-32,41-42H,21-24H2,1-8H3. The van der Waals surface area contributed by atoms with Crippen LogP contribution >= 0.6 is 0 Å². The molecule has 0 amide bonds. The monoisotopic (exact) mass is 620 g/mol. The molecule has 6 heteroatoms. The third-order valence-corrected chi connectivity index (χ3v) is 9.34. The van der Waals surface area contributed by atoms with E-state index in [0.717, 1.165) is 58.4 Å². The molecule has 0 aromatic heterocycles. The second-order valence-corrected chi connectivity index (χ2v) is 16.2. The summed E-state index contributed by atoms with van der Waals surface area (Å²) in [5.74, 6) is -0.600. The highest BCUT2D eigenvalue weighted by molar-refractivity contribution is 6.07. The number of rotatable bonds is 5. The van der Waals surface area contributed by atoms with Gasteiger partial charge in [0.05, 0.1) is 11.1 Å². The van der Waals surface area contributed by atoms with Gasteiger partial charge in [0.1, 0.15) is 12.2 Å². The number of fused-ring (bicyclic) bond motifs is 2. The number of nitrogens with one attached hydrogen (secondary N) is 2. The zero-order chi connectivity index (χ0) is 33.1. The number of benzene rings is 4. The molecule has 2 N–H and O–H groups in total. The molecule has 0 saturated carbocycles. The van der Waals surface area contributed by atoms with Gasteiger partial charge in [-0.25, -0.2) is 9.59 Å². The summed E-state index contributed by atoms with van der Waals surface area (Å²) in [6.07, 6.45) is 2.70. The lowest BCUT2D eigenvalue weighted by molar-refractivity contribution is -0.00756. The summed E-state index contributed by atoms with van der Waals surface area (Å²) < 4.78 is 12.3. The highest BCUT2D eigenvalue weighted by atomic mass is 16.5. The molecule has 46 heavy (non-hydrogen) atoms. The first-order chi connectivity index (χ1) is 21.5. The summed E-state index contributed by atoms with van der Waals surface area (Å²) in [6, 6.07) is 24.0. The molecule has 0 aliphatic carbocycles. The Labute approximate surface area is 273 Å². The Bertz CT molecular complexity index is 1790. The predicted octanol–water partition coefficient (Wildman–Crippen LogP) is 8.59. The summed E-state index contributed by atoms with van der Waals surface area (Å²) in [4.78, 5) is 27.2. The van der Waals surface area contributed by atoms with Gasteiger partial charge < -0.3 is 20.1 Å². The van der Waals surface area contributed by atoms with Gasteiger partial charge in [0.25, 0.3) is 0 Å². The maximum atomic E-state index is 13.8. The third-order valence-electron chi connectivity index (χ3n) is 9.34. The van der Waals surface area contributed by atoms with Crippen LogP contribution in [-0.4, -0.2) is 46.3 Å². The maximum Gasteiger partial charge on any atom is 0.339 e. The lowest BCUT2D eigenvalue weighted by Gasteiger charge is -2.45. The normalized spacial score (nSPS) is 20.8. The van der Waals surface area contributed by atoms with Crippen LogP contribution in [0.15, 0.2) is 72.8 Å². The van der Waals surface area contributed by atoms with E-state index in [1.54, 1.807) is 0 Å². The van der Waals surface area contributed by atoms with Gasteiger partial charge in [-0.05, 0) is 118 Å². The first kappa shape index (κ1) is 32.2. The molecule has 0 atom stereocenters. The molecule has 4 aromatic carbocycles. The molecule has 2 aliphatic heterocycles. The molecule has 4 aromatic rings. The van der Waals surface area contributed by atoms with Crippen molar-refractivity contribution in [2.45, 2.75) is 115 Å². The van der Waals surface area contributed by atoms with Crippen LogP contribution in [0.2, 0.25) is 0 Å². The molecule has 0 radical (unpaired) electrons. The van der Waals surface area contributed by atoms with Crippen molar-refractivity contribution >= 4 is 33.5 Å². The van der Waals surface area contributed by atoms with Gasteiger partial charge in [0, 0.05) is 47.8 Å². The second kappa shape index (κ2) is 11.5. The molecule has 0 unspecified atom stereocenters. The molecular weight excluding hydrogens is 572 g/mol. The summed E-state index contributed by atoms with van der Waals surface area (Å²) in [6.45, 7) is 17.2. The van der Waals surface area contributed by atoms with E-state index in [0.29, 0.717) is 11.1 Å². The summed E-state index contributed by atoms with van der Waals surface area (Å²) in [5.41, 5.74) is 2.49. The van der Waals surface area contributed by atoms with Crippen LogP contribution in [0.5, 0.6) is 0 Å². The van der Waals surface area contributed by atoms with Crippen LogP contribution < -0.4 is 10.6 Å². The molecule has 6 rings (SSSR count). The van der Waals surface area contributed by atoms with Crippen molar-refractivity contribution in [3.8, 4) is 11.1 Å². The Hall–Kier alpha value is -3.74. The molecule has 2 saturated heterocycles. The first-order valence-corrected chi connectivity index (χ1v) is 16.5. The number of piperidine rings is 2. The first-order valence-electron chi connectivity index (χ1n) is 16.5. The van der Waals surface area contributed by atoms with Crippen LogP contribution in [0.1, 0.15) is 102 Å². The molecule has 2 aliphatic rings. The van der Waals surface area contributed by atoms with Gasteiger partial charge in [-0.3, -0.25) is 0 Å². The van der Waals surface area contributed by atoms with Crippen molar-refractivity contribution in [3.63, 3.8) is 0 Å². The van der Waals surface area contributed by atoms with Gasteiger partial charge in [-0.15, -0.1) is 0 Å². The summed E-state index contributed by atoms with van der Waals surface area (Å²) in [7, 11) is 0. The number of hydrogen-bond donors (Lipinski definition) is 2. The molecule has 0 bridgehead atoms. The van der Waals surface area contributed by atoms with Crippen LogP contribution in [-0.2, 0) is 9.47 Å². The largest absolute Gasteiger partial charge is 0.459 e. The van der Waals surface area contributed by atoms with Gasteiger partial charge >= 0.3 is 11.9 Å². The van der Waals surface area contributed by atoms with Crippen LogP contribution in [0.3, 0.4) is 0 Å². The lowest BCUT2D eigenvalue weighted by Crippen LogP contribution is -2.59. The van der Waals surface area contributed by atoms with E-state index in [4.69, 9.17) is 9.47 Å². The van der Waals surface area contributed by atoms with E-state index in [9.17, 15) is 9.59 Å². The van der Waals surface area contributed by atoms with E-state index in [-0.39, 0.29) is 46.3 Å². The highest BCUT2D eigenvalue weighted by Crippen LogP contribution is 2.35. The number of carbonyl (C=O) groups is 2. The number of esters is 2. The molecule has 242 valence electrons. The van der Waals surface area contributed by atoms with Crippen molar-refractivity contribution < 1.29 is 19.1 Å². The Morgan fingerprint density at radius 1 is 0.565 bits per heavy atom. The minimum atomic E-state index is -0.300. The van der Waals surface area contributed by atoms with Crippen LogP contribution in [0.25, 0.3) is 32.7 Å². The van der Waals surface area contributed by atoms with E-state index >= 15 is 0 Å². The number of hydrogen-bond acceptors (Lipinski definition) is 6. The smallest absolute Gasteiger partial charge is 0.339 e. The molecule has 6 nitrogen and oxygen atoms in total. The SMILES string of the molecule is CC1(C)CC(OC(=O)c2ccc3ccc(-c4cc(C(=O)OC5CC(C)(C)NC(C)(C)C5)c5ccccc5c4)cc3c2)CC(C)(C)N1. The van der Waals surface area contributed by atoms with Gasteiger partial charge in [-0.2, -0.15) is 0 Å². The second-order valence-electron chi connectivity index (χ2n) is 16.2. The molecule has 0 spiro atoms. The minimum absolute atomic E-state index is 0.114. The lowest BCUT2D eigenvalue weighted by atomic mass is 9.81. The summed E-state index contributed by atoms with van der Waals surface area (Å²) in [5, 5.41) is 11.1. The molecular formula is C40H48N2O4. The maximum absolute atomic E-state index is 13.8. The number of ether oxygens (including phenoxy) is 2. The Morgan fingerprint density at radius 2 is 1.09 bits per heavy atom. The van der Waals surface area contributed by atoms with E-state index < -0.39 is 0 Å². The van der Waals surface area contributed by atoms with Crippen LogP contribution in [0.4, 0.5) is 0 Å². The highest BCUT2D eigenvalue weighted by Gasteiger charge is 2.40. The van der Waals surface area contributed by atoms with Gasteiger partial charge in [0.2, 0.25) is 0 Å². The van der Waals surface area contributed by atoms with E-state index in [1.807, 2.05) is 48.5 Å².